The van der Waals surface area contributed by atoms with E-state index in [0.29, 0.717) is 24.7 Å². The lowest BCUT2D eigenvalue weighted by molar-refractivity contribution is -0.150. The fourth-order valence-corrected chi connectivity index (χ4v) is 1.67. The quantitative estimate of drug-likeness (QED) is 0.787. The lowest BCUT2D eigenvalue weighted by Gasteiger charge is -2.31. The number of aromatic nitrogens is 1. The summed E-state index contributed by atoms with van der Waals surface area (Å²) in [5.74, 6) is -0.371. The maximum atomic E-state index is 10.8. The van der Waals surface area contributed by atoms with Crippen LogP contribution in [0.25, 0.3) is 0 Å². The van der Waals surface area contributed by atoms with E-state index in [9.17, 15) is 4.79 Å². The van der Waals surface area contributed by atoms with Crippen molar-refractivity contribution >= 4 is 11.8 Å². The zero-order chi connectivity index (χ0) is 12.3. The number of carboxylic acid groups (broad SMARTS) is 1. The molecule has 1 unspecified atom stereocenters. The molecule has 2 rings (SSSR count). The molecule has 0 spiro atoms. The number of carboxylic acids is 1. The molecule has 6 nitrogen and oxygen atoms in total. The third-order valence-electron chi connectivity index (χ3n) is 2.51. The van der Waals surface area contributed by atoms with E-state index in [1.807, 2.05) is 11.0 Å². The first-order valence-electron chi connectivity index (χ1n) is 5.17. The molecule has 0 amide bonds. The first-order chi connectivity index (χ1) is 8.20. The summed E-state index contributed by atoms with van der Waals surface area (Å²) in [4.78, 5) is 16.8. The summed E-state index contributed by atoms with van der Waals surface area (Å²) in [5.41, 5.74) is 0.320. The van der Waals surface area contributed by atoms with Crippen LogP contribution in [-0.4, -0.2) is 41.9 Å². The van der Waals surface area contributed by atoms with Gasteiger partial charge >= 0.3 is 5.97 Å². The molecular weight excluding hydrogens is 222 g/mol. The number of nitrogens with zero attached hydrogens (tertiary/aromatic N) is 3. The van der Waals surface area contributed by atoms with Gasteiger partial charge in [-0.05, 0) is 12.1 Å². The standard InChI is InChI=1S/C11H11N3O3/c12-6-8-2-1-3-10(13-8)14-4-5-17-9(7-14)11(15)16/h1-3,9H,4-5,7H2,(H,15,16). The Labute approximate surface area is 98.1 Å². The number of ether oxygens (including phenoxy) is 1. The minimum atomic E-state index is -0.980. The van der Waals surface area contributed by atoms with E-state index in [2.05, 4.69) is 4.98 Å². The summed E-state index contributed by atoms with van der Waals surface area (Å²) in [6.45, 7) is 1.16. The fourth-order valence-electron chi connectivity index (χ4n) is 1.67. The molecule has 1 atom stereocenters. The molecule has 1 aliphatic heterocycles. The van der Waals surface area contributed by atoms with Gasteiger partial charge in [0.05, 0.1) is 13.2 Å². The first kappa shape index (κ1) is 11.4. The molecule has 6 heteroatoms. The smallest absolute Gasteiger partial charge is 0.334 e. The van der Waals surface area contributed by atoms with E-state index < -0.39 is 12.1 Å². The van der Waals surface area contributed by atoms with Gasteiger partial charge in [-0.3, -0.25) is 0 Å². The third kappa shape index (κ3) is 2.52. The van der Waals surface area contributed by atoms with Gasteiger partial charge in [0.15, 0.2) is 6.10 Å². The highest BCUT2D eigenvalue weighted by molar-refractivity contribution is 5.73. The van der Waals surface area contributed by atoms with E-state index in [-0.39, 0.29) is 6.54 Å². The Morgan fingerprint density at radius 1 is 1.65 bits per heavy atom. The number of hydrogen-bond donors (Lipinski definition) is 1. The molecule has 0 aromatic carbocycles. The molecule has 0 bridgehead atoms. The Morgan fingerprint density at radius 3 is 3.18 bits per heavy atom. The molecular formula is C11H11N3O3. The average molecular weight is 233 g/mol. The van der Waals surface area contributed by atoms with Crippen molar-refractivity contribution in [2.24, 2.45) is 0 Å². The Bertz CT molecular complexity index is 469. The lowest BCUT2D eigenvalue weighted by atomic mass is 10.2. The first-order valence-corrected chi connectivity index (χ1v) is 5.17. The zero-order valence-corrected chi connectivity index (χ0v) is 9.04. The van der Waals surface area contributed by atoms with Crippen LogP contribution in [0.4, 0.5) is 5.82 Å². The largest absolute Gasteiger partial charge is 0.479 e. The van der Waals surface area contributed by atoms with Crippen molar-refractivity contribution in [3.8, 4) is 6.07 Å². The molecule has 1 saturated heterocycles. The Kier molecular flexibility index (Phi) is 3.21. The zero-order valence-electron chi connectivity index (χ0n) is 9.04. The topological polar surface area (TPSA) is 86.5 Å². The van der Waals surface area contributed by atoms with Crippen LogP contribution in [0.2, 0.25) is 0 Å². The van der Waals surface area contributed by atoms with Crippen LogP contribution >= 0.6 is 0 Å². The SMILES string of the molecule is N#Cc1cccc(N2CCOC(C(=O)O)C2)n1. The number of aliphatic carboxylic acids is 1. The molecule has 17 heavy (non-hydrogen) atoms. The molecule has 0 radical (unpaired) electrons. The van der Waals surface area contributed by atoms with Crippen molar-refractivity contribution in [2.45, 2.75) is 6.10 Å². The van der Waals surface area contributed by atoms with E-state index in [1.54, 1.807) is 18.2 Å². The molecule has 0 aliphatic carbocycles. The Morgan fingerprint density at radius 2 is 2.47 bits per heavy atom. The number of nitriles is 1. The van der Waals surface area contributed by atoms with Crippen LogP contribution in [0.5, 0.6) is 0 Å². The van der Waals surface area contributed by atoms with Crippen molar-refractivity contribution in [3.05, 3.63) is 23.9 Å². The van der Waals surface area contributed by atoms with E-state index in [0.717, 1.165) is 0 Å². The van der Waals surface area contributed by atoms with Crippen LogP contribution in [0.3, 0.4) is 0 Å². The lowest BCUT2D eigenvalue weighted by Crippen LogP contribution is -2.46. The van der Waals surface area contributed by atoms with Crippen molar-refractivity contribution in [1.82, 2.24) is 4.98 Å². The van der Waals surface area contributed by atoms with Crippen LogP contribution < -0.4 is 4.90 Å². The summed E-state index contributed by atoms with van der Waals surface area (Å²) in [5, 5.41) is 17.6. The number of pyridine rings is 1. The van der Waals surface area contributed by atoms with Gasteiger partial charge in [-0.15, -0.1) is 0 Å². The van der Waals surface area contributed by atoms with Crippen molar-refractivity contribution in [1.29, 1.82) is 5.26 Å². The second kappa shape index (κ2) is 4.80. The summed E-state index contributed by atoms with van der Waals surface area (Å²) in [6, 6.07) is 7.05. The number of hydrogen-bond acceptors (Lipinski definition) is 5. The molecule has 2 heterocycles. The van der Waals surface area contributed by atoms with Crippen LogP contribution in [0.1, 0.15) is 5.69 Å². The van der Waals surface area contributed by atoms with Crippen molar-refractivity contribution in [2.75, 3.05) is 24.6 Å². The predicted molar refractivity (Wildman–Crippen MR) is 58.5 cm³/mol. The summed E-state index contributed by atoms with van der Waals surface area (Å²) in [6.07, 6.45) is -0.837. The van der Waals surface area contributed by atoms with Gasteiger partial charge in [0.2, 0.25) is 0 Å². The van der Waals surface area contributed by atoms with Gasteiger partial charge in [-0.25, -0.2) is 9.78 Å². The molecule has 1 fully saturated rings. The maximum Gasteiger partial charge on any atom is 0.334 e. The van der Waals surface area contributed by atoms with Crippen LogP contribution in [0, 0.1) is 11.3 Å². The van der Waals surface area contributed by atoms with E-state index in [1.165, 1.54) is 0 Å². The van der Waals surface area contributed by atoms with Crippen LogP contribution in [-0.2, 0) is 9.53 Å². The highest BCUT2D eigenvalue weighted by Crippen LogP contribution is 2.15. The number of anilines is 1. The van der Waals surface area contributed by atoms with Gasteiger partial charge in [0.25, 0.3) is 0 Å². The number of morpholine rings is 1. The van der Waals surface area contributed by atoms with Gasteiger partial charge < -0.3 is 14.7 Å². The second-order valence-electron chi connectivity index (χ2n) is 3.64. The Balaban J connectivity index is 2.16. The normalized spacial score (nSPS) is 19.7. The minimum absolute atomic E-state index is 0.247. The summed E-state index contributed by atoms with van der Waals surface area (Å²) in [7, 11) is 0. The highest BCUT2D eigenvalue weighted by atomic mass is 16.5. The van der Waals surface area contributed by atoms with Crippen molar-refractivity contribution < 1.29 is 14.6 Å². The molecule has 0 saturated carbocycles. The molecule has 1 aromatic rings. The van der Waals surface area contributed by atoms with Crippen molar-refractivity contribution in [3.63, 3.8) is 0 Å². The van der Waals surface area contributed by atoms with E-state index >= 15 is 0 Å². The average Bonchev–Trinajstić information content (AvgIpc) is 2.39. The van der Waals surface area contributed by atoms with Gasteiger partial charge in [0.1, 0.15) is 17.6 Å². The predicted octanol–water partition coefficient (Wildman–Crippen LogP) is 0.243. The van der Waals surface area contributed by atoms with Gasteiger partial charge in [0, 0.05) is 6.54 Å². The third-order valence-corrected chi connectivity index (χ3v) is 2.51. The molecule has 1 N–H and O–H groups in total. The summed E-state index contributed by atoms with van der Waals surface area (Å²) < 4.78 is 5.11. The number of rotatable bonds is 2. The molecule has 1 aromatic heterocycles. The van der Waals surface area contributed by atoms with E-state index in [4.69, 9.17) is 15.1 Å². The van der Waals surface area contributed by atoms with Gasteiger partial charge in [-0.2, -0.15) is 5.26 Å². The summed E-state index contributed by atoms with van der Waals surface area (Å²) >= 11 is 0. The Hall–Kier alpha value is -2.13. The van der Waals surface area contributed by atoms with Gasteiger partial charge in [-0.1, -0.05) is 6.07 Å². The fraction of sp³-hybridized carbons (Fsp3) is 0.364. The highest BCUT2D eigenvalue weighted by Gasteiger charge is 2.26. The maximum absolute atomic E-state index is 10.8. The molecule has 1 aliphatic rings. The van der Waals surface area contributed by atoms with Crippen LogP contribution in [0.15, 0.2) is 18.2 Å². The minimum Gasteiger partial charge on any atom is -0.479 e. The monoisotopic (exact) mass is 233 g/mol. The second-order valence-corrected chi connectivity index (χ2v) is 3.64. The number of carbonyl (C=O) groups is 1. The molecule has 88 valence electrons.